The van der Waals surface area contributed by atoms with Gasteiger partial charge >= 0.3 is 6.03 Å². The van der Waals surface area contributed by atoms with Crippen molar-refractivity contribution in [2.24, 2.45) is 0 Å². The number of likely N-dealkylation sites (N-methyl/N-ethyl adjacent to an activating group) is 1. The Labute approximate surface area is 182 Å². The first-order valence-corrected chi connectivity index (χ1v) is 12.1. The largest absolute Gasteiger partial charge is 0.333 e. The molecule has 0 aliphatic heterocycles. The summed E-state index contributed by atoms with van der Waals surface area (Å²) in [6.45, 7) is 0.936. The van der Waals surface area contributed by atoms with Crippen LogP contribution in [0.1, 0.15) is 35.1 Å². The number of nitrogens with zero attached hydrogens (tertiary/aromatic N) is 2. The summed E-state index contributed by atoms with van der Waals surface area (Å²) >= 11 is 0. The second-order valence-electron chi connectivity index (χ2n) is 8.49. The van der Waals surface area contributed by atoms with Crippen LogP contribution in [0.5, 0.6) is 0 Å². The summed E-state index contributed by atoms with van der Waals surface area (Å²) in [5, 5.41) is 2.83. The number of benzene rings is 1. The number of aromatic nitrogens is 1. The minimum Gasteiger partial charge on any atom is -0.313 e. The maximum Gasteiger partial charge on any atom is 0.333 e. The van der Waals surface area contributed by atoms with E-state index in [1.807, 2.05) is 19.0 Å². The predicted molar refractivity (Wildman–Crippen MR) is 119 cm³/mol. The van der Waals surface area contributed by atoms with Crippen molar-refractivity contribution in [1.82, 2.24) is 14.2 Å². The van der Waals surface area contributed by atoms with Crippen LogP contribution in [0.3, 0.4) is 0 Å². The second-order valence-corrected chi connectivity index (χ2v) is 10.2. The average Bonchev–Trinajstić information content (AvgIpc) is 3.35. The third-order valence-electron chi connectivity index (χ3n) is 5.99. The quantitative estimate of drug-likeness (QED) is 0.709. The molecule has 1 heterocycles. The number of hydrogen-bond donors (Lipinski definition) is 2. The molecule has 8 nitrogen and oxygen atoms in total. The highest BCUT2D eigenvalue weighted by molar-refractivity contribution is 7.90. The standard InChI is InChI=1S/C22H28N4O4S/c1-25(2)11-12-26-14-17(9-10-20(26)27)31(29,30)24-22(28)23-21-18-7-3-5-15(18)13-16-6-4-8-19(16)21/h9-10,13-14H,3-8,11-12H2,1-2H3,(H2,23,24,28). The maximum atomic E-state index is 12.8. The first kappa shape index (κ1) is 21.6. The molecule has 0 atom stereocenters. The Bertz CT molecular complexity index is 1150. The molecule has 0 bridgehead atoms. The lowest BCUT2D eigenvalue weighted by atomic mass is 9.99. The van der Waals surface area contributed by atoms with Crippen LogP contribution in [-0.2, 0) is 42.3 Å². The first-order chi connectivity index (χ1) is 14.7. The Morgan fingerprint density at radius 3 is 2.32 bits per heavy atom. The Morgan fingerprint density at radius 1 is 1.06 bits per heavy atom. The third-order valence-corrected chi connectivity index (χ3v) is 7.31. The molecule has 0 saturated carbocycles. The molecule has 0 fully saturated rings. The van der Waals surface area contributed by atoms with Crippen LogP contribution in [0.4, 0.5) is 10.5 Å². The van der Waals surface area contributed by atoms with E-state index in [4.69, 9.17) is 0 Å². The zero-order chi connectivity index (χ0) is 22.2. The molecule has 4 rings (SSSR count). The molecule has 0 radical (unpaired) electrons. The van der Waals surface area contributed by atoms with E-state index in [0.29, 0.717) is 13.1 Å². The SMILES string of the molecule is CN(C)CCn1cc(S(=O)(=O)NC(=O)Nc2c3c(cc4c2CCC4)CCC3)ccc1=O. The van der Waals surface area contributed by atoms with Crippen LogP contribution < -0.4 is 15.6 Å². The maximum absolute atomic E-state index is 12.8. The number of rotatable bonds is 6. The van der Waals surface area contributed by atoms with E-state index in [-0.39, 0.29) is 10.5 Å². The molecule has 31 heavy (non-hydrogen) atoms. The van der Waals surface area contributed by atoms with Gasteiger partial charge < -0.3 is 14.8 Å². The lowest BCUT2D eigenvalue weighted by molar-refractivity contribution is 0.256. The number of amides is 2. The number of nitrogens with one attached hydrogen (secondary N) is 2. The second kappa shape index (κ2) is 8.47. The van der Waals surface area contributed by atoms with Crippen molar-refractivity contribution in [3.05, 3.63) is 57.0 Å². The Hall–Kier alpha value is -2.65. The lowest BCUT2D eigenvalue weighted by Gasteiger charge is -2.17. The van der Waals surface area contributed by atoms with Crippen LogP contribution in [0, 0.1) is 0 Å². The predicted octanol–water partition coefficient (Wildman–Crippen LogP) is 1.90. The highest BCUT2D eigenvalue weighted by Gasteiger charge is 2.26. The van der Waals surface area contributed by atoms with Gasteiger partial charge in [-0.3, -0.25) is 4.79 Å². The van der Waals surface area contributed by atoms with Gasteiger partial charge in [0.1, 0.15) is 4.90 Å². The van der Waals surface area contributed by atoms with Crippen molar-refractivity contribution in [1.29, 1.82) is 0 Å². The Morgan fingerprint density at radius 2 is 1.71 bits per heavy atom. The van der Waals surface area contributed by atoms with E-state index >= 15 is 0 Å². The highest BCUT2D eigenvalue weighted by Crippen LogP contribution is 2.38. The summed E-state index contributed by atoms with van der Waals surface area (Å²) in [5.41, 5.74) is 5.27. The molecular formula is C22H28N4O4S. The summed E-state index contributed by atoms with van der Waals surface area (Å²) in [5.74, 6) is 0. The minimum absolute atomic E-state index is 0.121. The van der Waals surface area contributed by atoms with E-state index in [0.717, 1.165) is 55.3 Å². The van der Waals surface area contributed by atoms with Gasteiger partial charge in [-0.1, -0.05) is 6.07 Å². The zero-order valence-electron chi connectivity index (χ0n) is 17.9. The molecular weight excluding hydrogens is 416 g/mol. The third kappa shape index (κ3) is 4.52. The fourth-order valence-corrected chi connectivity index (χ4v) is 5.36. The van der Waals surface area contributed by atoms with Crippen molar-refractivity contribution in [3.8, 4) is 0 Å². The number of aryl methyl sites for hydroxylation is 2. The molecule has 0 unspecified atom stereocenters. The summed E-state index contributed by atoms with van der Waals surface area (Å²) < 4.78 is 29.1. The number of urea groups is 1. The molecule has 2 aromatic rings. The molecule has 2 aliphatic carbocycles. The minimum atomic E-state index is -4.12. The van der Waals surface area contributed by atoms with Gasteiger partial charge in [-0.2, -0.15) is 0 Å². The Balaban J connectivity index is 1.55. The van der Waals surface area contributed by atoms with Crippen molar-refractivity contribution < 1.29 is 13.2 Å². The Kier molecular flexibility index (Phi) is 5.90. The highest BCUT2D eigenvalue weighted by atomic mass is 32.2. The molecule has 9 heteroatoms. The number of fused-ring (bicyclic) bond motifs is 2. The van der Waals surface area contributed by atoms with Crippen LogP contribution in [-0.4, -0.2) is 44.6 Å². The van der Waals surface area contributed by atoms with Gasteiger partial charge in [0.2, 0.25) is 0 Å². The van der Waals surface area contributed by atoms with Crippen LogP contribution in [0.15, 0.2) is 34.1 Å². The van der Waals surface area contributed by atoms with Crippen molar-refractivity contribution in [2.45, 2.75) is 50.0 Å². The molecule has 2 N–H and O–H groups in total. The van der Waals surface area contributed by atoms with E-state index < -0.39 is 16.1 Å². The number of hydrogen-bond acceptors (Lipinski definition) is 5. The molecule has 166 valence electrons. The van der Waals surface area contributed by atoms with Gasteiger partial charge in [-0.25, -0.2) is 17.9 Å². The summed E-state index contributed by atoms with van der Waals surface area (Å²) in [7, 11) is -0.382. The van der Waals surface area contributed by atoms with Crippen LogP contribution in [0.2, 0.25) is 0 Å². The van der Waals surface area contributed by atoms with Gasteiger partial charge in [-0.05, 0) is 80.9 Å². The van der Waals surface area contributed by atoms with Crippen LogP contribution in [0.25, 0.3) is 0 Å². The fourth-order valence-electron chi connectivity index (χ4n) is 4.44. The molecule has 1 aromatic heterocycles. The molecule has 1 aromatic carbocycles. The van der Waals surface area contributed by atoms with E-state index in [9.17, 15) is 18.0 Å². The normalized spacial score (nSPS) is 15.1. The number of carbonyl (C=O) groups is 1. The van der Waals surface area contributed by atoms with Gasteiger partial charge in [0.05, 0.1) is 0 Å². The van der Waals surface area contributed by atoms with E-state index in [1.54, 1.807) is 0 Å². The average molecular weight is 445 g/mol. The van der Waals surface area contributed by atoms with Crippen molar-refractivity contribution >= 4 is 21.7 Å². The van der Waals surface area contributed by atoms with Crippen LogP contribution >= 0.6 is 0 Å². The number of pyridine rings is 1. The number of sulfonamides is 1. The van der Waals surface area contributed by atoms with Gasteiger partial charge in [-0.15, -0.1) is 0 Å². The van der Waals surface area contributed by atoms with Gasteiger partial charge in [0.25, 0.3) is 15.6 Å². The first-order valence-electron chi connectivity index (χ1n) is 10.6. The smallest absolute Gasteiger partial charge is 0.313 e. The van der Waals surface area contributed by atoms with Crippen molar-refractivity contribution in [2.75, 3.05) is 26.0 Å². The van der Waals surface area contributed by atoms with E-state index in [2.05, 4.69) is 16.1 Å². The molecule has 0 spiro atoms. The fraction of sp³-hybridized carbons (Fsp3) is 0.455. The lowest BCUT2D eigenvalue weighted by Crippen LogP contribution is -2.36. The number of anilines is 1. The summed E-state index contributed by atoms with van der Waals surface area (Å²) in [4.78, 5) is 26.5. The van der Waals surface area contributed by atoms with Gasteiger partial charge in [0.15, 0.2) is 0 Å². The van der Waals surface area contributed by atoms with E-state index in [1.165, 1.54) is 34.0 Å². The molecule has 2 amide bonds. The number of carbonyl (C=O) groups excluding carboxylic acids is 1. The zero-order valence-corrected chi connectivity index (χ0v) is 18.7. The summed E-state index contributed by atoms with van der Waals surface area (Å²) in [6.07, 6.45) is 7.13. The monoisotopic (exact) mass is 444 g/mol. The topological polar surface area (TPSA) is 101 Å². The van der Waals surface area contributed by atoms with Crippen molar-refractivity contribution in [3.63, 3.8) is 0 Å². The molecule has 2 aliphatic rings. The van der Waals surface area contributed by atoms with Gasteiger partial charge in [0, 0.05) is 31.0 Å². The molecule has 0 saturated heterocycles. The summed E-state index contributed by atoms with van der Waals surface area (Å²) in [6, 6.07) is 3.91.